The summed E-state index contributed by atoms with van der Waals surface area (Å²) < 4.78 is 0. The van der Waals surface area contributed by atoms with E-state index in [4.69, 9.17) is 0 Å². The van der Waals surface area contributed by atoms with Crippen molar-refractivity contribution in [2.75, 3.05) is 26.2 Å². The van der Waals surface area contributed by atoms with E-state index in [1.165, 1.54) is 51.6 Å². The Balaban J connectivity index is 3.22. The molecule has 0 radical (unpaired) electrons. The standard InChI is InChI=1S/C16H36N2/c1-5-7-10-17-11-8-12-18-14-16(4)13-15(3)9-6-2/h15-18H,5-14H2,1-4H3. The zero-order valence-electron chi connectivity index (χ0n) is 13.2. The largest absolute Gasteiger partial charge is 0.317 e. The van der Waals surface area contributed by atoms with Gasteiger partial charge in [0.1, 0.15) is 0 Å². The average molecular weight is 256 g/mol. The topological polar surface area (TPSA) is 24.1 Å². The molecular formula is C16H36N2. The van der Waals surface area contributed by atoms with Gasteiger partial charge in [-0.1, -0.05) is 47.0 Å². The summed E-state index contributed by atoms with van der Waals surface area (Å²) in [7, 11) is 0. The van der Waals surface area contributed by atoms with Crippen molar-refractivity contribution < 1.29 is 0 Å². The van der Waals surface area contributed by atoms with Gasteiger partial charge < -0.3 is 10.6 Å². The highest BCUT2D eigenvalue weighted by Crippen LogP contribution is 2.15. The smallest absolute Gasteiger partial charge is 0.00230 e. The third kappa shape index (κ3) is 12.4. The second-order valence-corrected chi connectivity index (χ2v) is 5.90. The molecule has 18 heavy (non-hydrogen) atoms. The van der Waals surface area contributed by atoms with Gasteiger partial charge in [0.05, 0.1) is 0 Å². The molecule has 0 bridgehead atoms. The van der Waals surface area contributed by atoms with Crippen LogP contribution in [0.3, 0.4) is 0 Å². The van der Waals surface area contributed by atoms with Crippen molar-refractivity contribution in [1.82, 2.24) is 10.6 Å². The molecule has 0 amide bonds. The van der Waals surface area contributed by atoms with Crippen molar-refractivity contribution in [2.45, 2.75) is 66.2 Å². The van der Waals surface area contributed by atoms with Gasteiger partial charge in [0.2, 0.25) is 0 Å². The number of hydrogen-bond donors (Lipinski definition) is 2. The predicted molar refractivity (Wildman–Crippen MR) is 83.1 cm³/mol. The fourth-order valence-corrected chi connectivity index (χ4v) is 2.49. The van der Waals surface area contributed by atoms with Gasteiger partial charge >= 0.3 is 0 Å². The summed E-state index contributed by atoms with van der Waals surface area (Å²) in [5.41, 5.74) is 0. The van der Waals surface area contributed by atoms with E-state index in [0.717, 1.165) is 24.9 Å². The first-order valence-corrected chi connectivity index (χ1v) is 8.12. The average Bonchev–Trinajstić information content (AvgIpc) is 2.32. The summed E-state index contributed by atoms with van der Waals surface area (Å²) in [5, 5.41) is 7.07. The maximum absolute atomic E-state index is 3.58. The SMILES string of the molecule is CCCCNCCCNCC(C)CC(C)CCC. The molecule has 0 rings (SSSR count). The Kier molecular flexibility index (Phi) is 13.3. The molecule has 0 saturated carbocycles. The molecule has 0 aromatic heterocycles. The summed E-state index contributed by atoms with van der Waals surface area (Å²) in [5.74, 6) is 1.71. The zero-order valence-corrected chi connectivity index (χ0v) is 13.2. The van der Waals surface area contributed by atoms with Crippen LogP contribution in [0.1, 0.15) is 66.2 Å². The van der Waals surface area contributed by atoms with E-state index in [1.54, 1.807) is 0 Å². The monoisotopic (exact) mass is 256 g/mol. The zero-order chi connectivity index (χ0) is 13.6. The lowest BCUT2D eigenvalue weighted by atomic mass is 9.94. The second-order valence-electron chi connectivity index (χ2n) is 5.90. The molecule has 0 aliphatic carbocycles. The van der Waals surface area contributed by atoms with Crippen LogP contribution in [0.5, 0.6) is 0 Å². The van der Waals surface area contributed by atoms with Crippen molar-refractivity contribution >= 4 is 0 Å². The highest BCUT2D eigenvalue weighted by atomic mass is 14.9. The molecule has 0 aliphatic heterocycles. The van der Waals surface area contributed by atoms with E-state index < -0.39 is 0 Å². The van der Waals surface area contributed by atoms with Crippen LogP contribution in [0.4, 0.5) is 0 Å². The Bertz CT molecular complexity index is 159. The third-order valence-corrected chi connectivity index (χ3v) is 3.49. The lowest BCUT2D eigenvalue weighted by Gasteiger charge is -2.17. The van der Waals surface area contributed by atoms with Crippen LogP contribution in [-0.4, -0.2) is 26.2 Å². The molecule has 110 valence electrons. The van der Waals surface area contributed by atoms with Crippen molar-refractivity contribution in [3.63, 3.8) is 0 Å². The van der Waals surface area contributed by atoms with Gasteiger partial charge in [-0.2, -0.15) is 0 Å². The Labute approximate surface area is 115 Å². The van der Waals surface area contributed by atoms with E-state index >= 15 is 0 Å². The van der Waals surface area contributed by atoms with E-state index in [1.807, 2.05) is 0 Å². The first-order chi connectivity index (χ1) is 8.70. The van der Waals surface area contributed by atoms with Gasteiger partial charge in [0.25, 0.3) is 0 Å². The first kappa shape index (κ1) is 17.9. The van der Waals surface area contributed by atoms with Crippen molar-refractivity contribution in [3.8, 4) is 0 Å². The molecule has 0 fully saturated rings. The molecule has 2 atom stereocenters. The Morgan fingerprint density at radius 1 is 0.778 bits per heavy atom. The number of rotatable bonds is 13. The van der Waals surface area contributed by atoms with Crippen LogP contribution in [0, 0.1) is 11.8 Å². The summed E-state index contributed by atoms with van der Waals surface area (Å²) in [4.78, 5) is 0. The van der Waals surface area contributed by atoms with Crippen LogP contribution in [-0.2, 0) is 0 Å². The minimum absolute atomic E-state index is 0.819. The van der Waals surface area contributed by atoms with Crippen molar-refractivity contribution in [3.05, 3.63) is 0 Å². The van der Waals surface area contributed by atoms with Gasteiger partial charge in [-0.3, -0.25) is 0 Å². The Morgan fingerprint density at radius 3 is 2.11 bits per heavy atom. The molecule has 0 spiro atoms. The summed E-state index contributed by atoms with van der Waals surface area (Å²) in [6.45, 7) is 14.0. The maximum atomic E-state index is 3.58. The summed E-state index contributed by atoms with van der Waals surface area (Å²) in [6.07, 6.45) is 7.92. The normalized spacial score (nSPS) is 14.7. The molecule has 2 heteroatoms. The second kappa shape index (κ2) is 13.4. The Hall–Kier alpha value is -0.0800. The highest BCUT2D eigenvalue weighted by Gasteiger charge is 2.07. The minimum atomic E-state index is 0.819. The molecule has 0 saturated heterocycles. The number of hydrogen-bond acceptors (Lipinski definition) is 2. The van der Waals surface area contributed by atoms with E-state index in [9.17, 15) is 0 Å². The maximum Gasteiger partial charge on any atom is -0.00230 e. The van der Waals surface area contributed by atoms with Gasteiger partial charge in [-0.15, -0.1) is 0 Å². The van der Waals surface area contributed by atoms with Gasteiger partial charge in [-0.25, -0.2) is 0 Å². The third-order valence-electron chi connectivity index (χ3n) is 3.49. The predicted octanol–water partition coefficient (Wildman–Crippen LogP) is 3.82. The van der Waals surface area contributed by atoms with E-state index in [-0.39, 0.29) is 0 Å². The summed E-state index contributed by atoms with van der Waals surface area (Å²) >= 11 is 0. The quantitative estimate of drug-likeness (QED) is 0.490. The van der Waals surface area contributed by atoms with Gasteiger partial charge in [-0.05, 0) is 57.3 Å². The molecule has 2 unspecified atom stereocenters. The highest BCUT2D eigenvalue weighted by molar-refractivity contribution is 4.62. The molecule has 2 N–H and O–H groups in total. The van der Waals surface area contributed by atoms with Gasteiger partial charge in [0, 0.05) is 0 Å². The fraction of sp³-hybridized carbons (Fsp3) is 1.00. The molecule has 0 aliphatic rings. The van der Waals surface area contributed by atoms with E-state index in [0.29, 0.717) is 0 Å². The number of nitrogens with one attached hydrogen (secondary N) is 2. The molecule has 2 nitrogen and oxygen atoms in total. The summed E-state index contributed by atoms with van der Waals surface area (Å²) in [6, 6.07) is 0. The fourth-order valence-electron chi connectivity index (χ4n) is 2.49. The molecule has 0 aromatic carbocycles. The van der Waals surface area contributed by atoms with Gasteiger partial charge in [0.15, 0.2) is 0 Å². The lowest BCUT2D eigenvalue weighted by Crippen LogP contribution is -2.26. The first-order valence-electron chi connectivity index (χ1n) is 8.12. The molecule has 0 heterocycles. The minimum Gasteiger partial charge on any atom is -0.317 e. The van der Waals surface area contributed by atoms with E-state index in [2.05, 4.69) is 38.3 Å². The Morgan fingerprint density at radius 2 is 1.44 bits per heavy atom. The van der Waals surface area contributed by atoms with Crippen LogP contribution >= 0.6 is 0 Å². The van der Waals surface area contributed by atoms with Crippen molar-refractivity contribution in [2.24, 2.45) is 11.8 Å². The van der Waals surface area contributed by atoms with Crippen LogP contribution in [0.25, 0.3) is 0 Å². The lowest BCUT2D eigenvalue weighted by molar-refractivity contribution is 0.375. The van der Waals surface area contributed by atoms with Crippen LogP contribution in [0.15, 0.2) is 0 Å². The van der Waals surface area contributed by atoms with Crippen LogP contribution < -0.4 is 10.6 Å². The molecule has 0 aromatic rings. The van der Waals surface area contributed by atoms with Crippen LogP contribution in [0.2, 0.25) is 0 Å². The molecular weight excluding hydrogens is 220 g/mol. The number of unbranched alkanes of at least 4 members (excludes halogenated alkanes) is 1. The van der Waals surface area contributed by atoms with Crippen molar-refractivity contribution in [1.29, 1.82) is 0 Å².